The SMILES string of the molecule is COc1ccc(C(=O)Nc2cc(Br)cnc2Cl)cc1OC. The van der Waals surface area contributed by atoms with Gasteiger partial charge in [-0.15, -0.1) is 0 Å². The molecular weight excluding hydrogens is 360 g/mol. The number of carbonyl (C=O) groups is 1. The summed E-state index contributed by atoms with van der Waals surface area (Å²) in [6.07, 6.45) is 1.55. The number of methoxy groups -OCH3 is 2. The lowest BCUT2D eigenvalue weighted by molar-refractivity contribution is 0.102. The molecule has 0 aliphatic rings. The molecule has 1 amide bonds. The number of hydrogen-bond donors (Lipinski definition) is 1. The number of benzene rings is 1. The molecule has 0 saturated carbocycles. The van der Waals surface area contributed by atoms with Crippen molar-refractivity contribution in [3.8, 4) is 11.5 Å². The molecule has 1 aromatic heterocycles. The molecule has 0 atom stereocenters. The Morgan fingerprint density at radius 2 is 1.95 bits per heavy atom. The number of amides is 1. The van der Waals surface area contributed by atoms with Gasteiger partial charge in [-0.3, -0.25) is 4.79 Å². The summed E-state index contributed by atoms with van der Waals surface area (Å²) in [4.78, 5) is 16.2. The van der Waals surface area contributed by atoms with Gasteiger partial charge < -0.3 is 14.8 Å². The molecular formula is C14H12BrClN2O3. The van der Waals surface area contributed by atoms with Gasteiger partial charge in [0.15, 0.2) is 16.7 Å². The van der Waals surface area contributed by atoms with Gasteiger partial charge in [-0.1, -0.05) is 11.6 Å². The number of halogens is 2. The molecule has 0 unspecified atom stereocenters. The highest BCUT2D eigenvalue weighted by Gasteiger charge is 2.13. The topological polar surface area (TPSA) is 60.5 Å². The third-order valence-electron chi connectivity index (χ3n) is 2.70. The van der Waals surface area contributed by atoms with Crippen LogP contribution in [0.1, 0.15) is 10.4 Å². The first-order valence-electron chi connectivity index (χ1n) is 5.89. The van der Waals surface area contributed by atoms with E-state index in [0.717, 1.165) is 4.47 Å². The molecule has 0 radical (unpaired) electrons. The van der Waals surface area contributed by atoms with Crippen LogP contribution in [0.2, 0.25) is 5.15 Å². The van der Waals surface area contributed by atoms with E-state index in [0.29, 0.717) is 22.7 Å². The first-order chi connectivity index (χ1) is 10.0. The Bertz CT molecular complexity index is 679. The summed E-state index contributed by atoms with van der Waals surface area (Å²) in [6.45, 7) is 0. The van der Waals surface area contributed by atoms with E-state index < -0.39 is 0 Å². The Labute approximate surface area is 135 Å². The van der Waals surface area contributed by atoms with Gasteiger partial charge in [-0.05, 0) is 40.2 Å². The summed E-state index contributed by atoms with van der Waals surface area (Å²) in [6, 6.07) is 6.56. The maximum absolute atomic E-state index is 12.2. The van der Waals surface area contributed by atoms with Crippen LogP contribution in [0.25, 0.3) is 0 Å². The fraction of sp³-hybridized carbons (Fsp3) is 0.143. The van der Waals surface area contributed by atoms with Crippen LogP contribution in [0.5, 0.6) is 11.5 Å². The zero-order valence-electron chi connectivity index (χ0n) is 11.3. The van der Waals surface area contributed by atoms with Crippen molar-refractivity contribution in [2.45, 2.75) is 0 Å². The van der Waals surface area contributed by atoms with Crippen LogP contribution >= 0.6 is 27.5 Å². The van der Waals surface area contributed by atoms with Crippen LogP contribution in [0.15, 0.2) is 34.9 Å². The molecule has 0 spiro atoms. The number of nitrogens with zero attached hydrogens (tertiary/aromatic N) is 1. The fourth-order valence-corrected chi connectivity index (χ4v) is 2.16. The standard InChI is InChI=1S/C14H12BrClN2O3/c1-20-11-4-3-8(5-12(11)21-2)14(19)18-10-6-9(15)7-17-13(10)16/h3-7H,1-2H3,(H,18,19). The molecule has 5 nitrogen and oxygen atoms in total. The molecule has 1 aromatic carbocycles. The normalized spacial score (nSPS) is 10.1. The lowest BCUT2D eigenvalue weighted by atomic mass is 10.2. The van der Waals surface area contributed by atoms with E-state index in [1.165, 1.54) is 14.2 Å². The van der Waals surface area contributed by atoms with Crippen molar-refractivity contribution < 1.29 is 14.3 Å². The van der Waals surface area contributed by atoms with Gasteiger partial charge in [0.25, 0.3) is 5.91 Å². The van der Waals surface area contributed by atoms with E-state index in [1.54, 1.807) is 30.5 Å². The zero-order valence-corrected chi connectivity index (χ0v) is 13.7. The van der Waals surface area contributed by atoms with Crippen molar-refractivity contribution in [2.75, 3.05) is 19.5 Å². The maximum Gasteiger partial charge on any atom is 0.255 e. The van der Waals surface area contributed by atoms with Crippen molar-refractivity contribution in [2.24, 2.45) is 0 Å². The Kier molecular flexibility index (Phi) is 5.03. The van der Waals surface area contributed by atoms with E-state index in [2.05, 4.69) is 26.2 Å². The monoisotopic (exact) mass is 370 g/mol. The highest BCUT2D eigenvalue weighted by molar-refractivity contribution is 9.10. The van der Waals surface area contributed by atoms with Crippen LogP contribution in [0, 0.1) is 0 Å². The second-order valence-electron chi connectivity index (χ2n) is 4.02. The molecule has 7 heteroatoms. The summed E-state index contributed by atoms with van der Waals surface area (Å²) in [5, 5.41) is 2.91. The third kappa shape index (κ3) is 3.65. The Morgan fingerprint density at radius 3 is 2.62 bits per heavy atom. The summed E-state index contributed by atoms with van der Waals surface area (Å²) in [5.74, 6) is 0.706. The number of ether oxygens (including phenoxy) is 2. The number of rotatable bonds is 4. The van der Waals surface area contributed by atoms with Crippen molar-refractivity contribution in [1.29, 1.82) is 0 Å². The molecule has 0 aliphatic carbocycles. The van der Waals surface area contributed by atoms with Gasteiger partial charge in [0, 0.05) is 16.2 Å². The van der Waals surface area contributed by atoms with Crippen molar-refractivity contribution in [1.82, 2.24) is 4.98 Å². The molecule has 1 N–H and O–H groups in total. The summed E-state index contributed by atoms with van der Waals surface area (Å²) >= 11 is 9.22. The first-order valence-corrected chi connectivity index (χ1v) is 7.06. The second kappa shape index (κ2) is 6.78. The predicted octanol–water partition coefficient (Wildman–Crippen LogP) is 3.77. The fourth-order valence-electron chi connectivity index (χ4n) is 1.68. The predicted molar refractivity (Wildman–Crippen MR) is 84.4 cm³/mol. The highest BCUT2D eigenvalue weighted by atomic mass is 79.9. The average molecular weight is 372 g/mol. The number of hydrogen-bond acceptors (Lipinski definition) is 4. The summed E-state index contributed by atoms with van der Waals surface area (Å²) in [5.41, 5.74) is 0.842. The van der Waals surface area contributed by atoms with Crippen LogP contribution < -0.4 is 14.8 Å². The van der Waals surface area contributed by atoms with Crippen molar-refractivity contribution >= 4 is 39.1 Å². The molecule has 0 saturated heterocycles. The molecule has 110 valence electrons. The number of nitrogens with one attached hydrogen (secondary N) is 1. The lowest BCUT2D eigenvalue weighted by Gasteiger charge is -2.10. The van der Waals surface area contributed by atoms with Gasteiger partial charge in [0.05, 0.1) is 19.9 Å². The minimum atomic E-state index is -0.322. The average Bonchev–Trinajstić information content (AvgIpc) is 2.50. The van der Waals surface area contributed by atoms with E-state index in [1.807, 2.05) is 0 Å². The molecule has 0 bridgehead atoms. The molecule has 0 aliphatic heterocycles. The first kappa shape index (κ1) is 15.6. The quantitative estimate of drug-likeness (QED) is 0.831. The van der Waals surface area contributed by atoms with Gasteiger partial charge in [-0.25, -0.2) is 4.98 Å². The molecule has 1 heterocycles. The molecule has 2 aromatic rings. The van der Waals surface area contributed by atoms with Crippen molar-refractivity contribution in [3.05, 3.63) is 45.7 Å². The Balaban J connectivity index is 2.26. The van der Waals surface area contributed by atoms with E-state index in [4.69, 9.17) is 21.1 Å². The maximum atomic E-state index is 12.2. The van der Waals surface area contributed by atoms with Gasteiger partial charge in [-0.2, -0.15) is 0 Å². The Morgan fingerprint density at radius 1 is 1.24 bits per heavy atom. The van der Waals surface area contributed by atoms with Crippen LogP contribution in [0.4, 0.5) is 5.69 Å². The second-order valence-corrected chi connectivity index (χ2v) is 5.29. The van der Waals surface area contributed by atoms with Gasteiger partial charge in [0.2, 0.25) is 0 Å². The number of aromatic nitrogens is 1. The molecule has 21 heavy (non-hydrogen) atoms. The minimum Gasteiger partial charge on any atom is -0.493 e. The van der Waals surface area contributed by atoms with E-state index in [9.17, 15) is 4.79 Å². The minimum absolute atomic E-state index is 0.215. The third-order valence-corrected chi connectivity index (χ3v) is 3.43. The summed E-state index contributed by atoms with van der Waals surface area (Å²) in [7, 11) is 3.04. The van der Waals surface area contributed by atoms with Gasteiger partial charge >= 0.3 is 0 Å². The number of pyridine rings is 1. The molecule has 0 fully saturated rings. The summed E-state index contributed by atoms with van der Waals surface area (Å²) < 4.78 is 11.0. The van der Waals surface area contributed by atoms with Crippen LogP contribution in [-0.4, -0.2) is 25.1 Å². The van der Waals surface area contributed by atoms with E-state index >= 15 is 0 Å². The number of anilines is 1. The van der Waals surface area contributed by atoms with Gasteiger partial charge in [0.1, 0.15) is 0 Å². The van der Waals surface area contributed by atoms with Crippen LogP contribution in [0.3, 0.4) is 0 Å². The lowest BCUT2D eigenvalue weighted by Crippen LogP contribution is -2.12. The number of carbonyl (C=O) groups excluding carboxylic acids is 1. The van der Waals surface area contributed by atoms with E-state index in [-0.39, 0.29) is 11.1 Å². The smallest absolute Gasteiger partial charge is 0.255 e. The largest absolute Gasteiger partial charge is 0.493 e. The Hall–Kier alpha value is -1.79. The molecule has 2 rings (SSSR count). The highest BCUT2D eigenvalue weighted by Crippen LogP contribution is 2.28. The zero-order chi connectivity index (χ0) is 15.4. The van der Waals surface area contributed by atoms with Crippen molar-refractivity contribution in [3.63, 3.8) is 0 Å². The van der Waals surface area contributed by atoms with Crippen LogP contribution in [-0.2, 0) is 0 Å².